The topological polar surface area (TPSA) is 89.5 Å². The first kappa shape index (κ1) is 23.3. The fourth-order valence-electron chi connectivity index (χ4n) is 3.90. The number of ether oxygens (including phenoxy) is 1. The molecule has 1 saturated carbocycles. The average molecular weight is 464 g/mol. The van der Waals surface area contributed by atoms with Crippen LogP contribution in [0.4, 0.5) is 0 Å². The number of nitrogens with one attached hydrogen (secondary N) is 1. The molecule has 2 aromatic rings. The van der Waals surface area contributed by atoms with Gasteiger partial charge in [0.1, 0.15) is 0 Å². The molecule has 31 heavy (non-hydrogen) atoms. The summed E-state index contributed by atoms with van der Waals surface area (Å²) in [7, 11) is -3.98. The van der Waals surface area contributed by atoms with Gasteiger partial charge < -0.3 is 10.1 Å². The summed E-state index contributed by atoms with van der Waals surface area (Å²) >= 11 is 5.93. The zero-order chi connectivity index (χ0) is 22.6. The highest BCUT2D eigenvalue weighted by molar-refractivity contribution is 7.93. The molecule has 0 saturated heterocycles. The van der Waals surface area contributed by atoms with E-state index in [1.807, 2.05) is 19.1 Å². The van der Waals surface area contributed by atoms with Crippen LogP contribution in [-0.2, 0) is 30.7 Å². The molecule has 0 aliphatic heterocycles. The number of carbonyl (C=O) groups is 2. The summed E-state index contributed by atoms with van der Waals surface area (Å²) < 4.78 is 30.7. The highest BCUT2D eigenvalue weighted by Gasteiger charge is 2.54. The smallest absolute Gasteiger partial charge is 0.328 e. The Morgan fingerprint density at radius 3 is 2.48 bits per heavy atom. The number of halogens is 1. The predicted molar refractivity (Wildman–Crippen MR) is 119 cm³/mol. The Bertz CT molecular complexity index is 1090. The van der Waals surface area contributed by atoms with Crippen molar-refractivity contribution in [2.24, 2.45) is 0 Å². The molecule has 1 amide bonds. The first-order valence-corrected chi connectivity index (χ1v) is 12.0. The van der Waals surface area contributed by atoms with Crippen LogP contribution in [0, 0.1) is 13.8 Å². The zero-order valence-electron chi connectivity index (χ0n) is 17.6. The minimum Gasteiger partial charge on any atom is -0.454 e. The van der Waals surface area contributed by atoms with Gasteiger partial charge in [0.05, 0.1) is 4.90 Å². The number of hydrogen-bond acceptors (Lipinski definition) is 5. The molecular weight excluding hydrogens is 438 g/mol. The van der Waals surface area contributed by atoms with Crippen molar-refractivity contribution in [2.75, 3.05) is 6.61 Å². The molecule has 0 radical (unpaired) electrons. The molecule has 8 heteroatoms. The Morgan fingerprint density at radius 2 is 1.81 bits per heavy atom. The molecule has 1 fully saturated rings. The number of aryl methyl sites for hydroxylation is 2. The van der Waals surface area contributed by atoms with Crippen LogP contribution >= 0.6 is 11.6 Å². The summed E-state index contributed by atoms with van der Waals surface area (Å²) in [6, 6.07) is 12.2. The van der Waals surface area contributed by atoms with E-state index in [1.54, 1.807) is 37.3 Å². The highest BCUT2D eigenvalue weighted by Crippen LogP contribution is 2.42. The Balaban J connectivity index is 1.71. The minimum absolute atomic E-state index is 0.150. The second-order valence-electron chi connectivity index (χ2n) is 7.96. The third kappa shape index (κ3) is 4.93. The van der Waals surface area contributed by atoms with Crippen LogP contribution in [0.1, 0.15) is 42.4 Å². The molecule has 2 aromatic carbocycles. The number of carbonyl (C=O) groups excluding carboxylic acids is 2. The Hall–Kier alpha value is -2.38. The van der Waals surface area contributed by atoms with Gasteiger partial charge >= 0.3 is 5.97 Å². The summed E-state index contributed by atoms with van der Waals surface area (Å²) in [5.41, 5.74) is 2.19. The molecule has 3 rings (SSSR count). The van der Waals surface area contributed by atoms with Gasteiger partial charge in [0.15, 0.2) is 21.2 Å². The van der Waals surface area contributed by atoms with Gasteiger partial charge in [-0.05, 0) is 61.6 Å². The molecular formula is C23H26ClNO5S. The van der Waals surface area contributed by atoms with Crippen molar-refractivity contribution in [1.82, 2.24) is 5.32 Å². The minimum atomic E-state index is -3.98. The van der Waals surface area contributed by atoms with E-state index in [4.69, 9.17) is 16.3 Å². The lowest BCUT2D eigenvalue weighted by Crippen LogP contribution is -2.46. The average Bonchev–Trinajstić information content (AvgIpc) is 3.24. The third-order valence-corrected chi connectivity index (χ3v) is 8.50. The van der Waals surface area contributed by atoms with Crippen LogP contribution < -0.4 is 5.32 Å². The summed E-state index contributed by atoms with van der Waals surface area (Å²) in [6.45, 7) is 3.21. The first-order chi connectivity index (χ1) is 14.7. The van der Waals surface area contributed by atoms with Crippen molar-refractivity contribution in [3.8, 4) is 0 Å². The van der Waals surface area contributed by atoms with Crippen molar-refractivity contribution in [2.45, 2.75) is 55.7 Å². The van der Waals surface area contributed by atoms with Crippen molar-refractivity contribution < 1.29 is 22.7 Å². The van der Waals surface area contributed by atoms with Gasteiger partial charge in [-0.25, -0.2) is 8.42 Å². The maximum atomic E-state index is 13.5. The quantitative estimate of drug-likeness (QED) is 0.629. The maximum Gasteiger partial charge on any atom is 0.328 e. The van der Waals surface area contributed by atoms with E-state index in [-0.39, 0.29) is 24.3 Å². The number of rotatable bonds is 7. The second-order valence-corrected chi connectivity index (χ2v) is 10.6. The van der Waals surface area contributed by atoms with Gasteiger partial charge in [0.25, 0.3) is 5.91 Å². The van der Waals surface area contributed by atoms with Gasteiger partial charge in [-0.2, -0.15) is 0 Å². The van der Waals surface area contributed by atoms with Crippen molar-refractivity contribution in [3.05, 3.63) is 64.2 Å². The molecule has 1 aliphatic carbocycles. The van der Waals surface area contributed by atoms with Crippen LogP contribution in [0.2, 0.25) is 5.02 Å². The largest absolute Gasteiger partial charge is 0.454 e. The fraction of sp³-hybridized carbons (Fsp3) is 0.391. The number of sulfone groups is 1. The van der Waals surface area contributed by atoms with Crippen molar-refractivity contribution in [3.63, 3.8) is 0 Å². The molecule has 166 valence electrons. The summed E-state index contributed by atoms with van der Waals surface area (Å²) in [4.78, 5) is 25.3. The standard InChI is InChI=1S/C23H26ClNO5S/c1-16-8-9-17(2)20(12-16)31(28,29)23(10-3-4-11-23)22(27)30-15-21(26)25-14-18-6-5-7-19(24)13-18/h5-9,12-13H,3-4,10-11,14-15H2,1-2H3,(H,25,26). The van der Waals surface area contributed by atoms with Gasteiger partial charge in [-0.15, -0.1) is 0 Å². The van der Waals surface area contributed by atoms with E-state index in [2.05, 4.69) is 5.32 Å². The molecule has 0 heterocycles. The highest BCUT2D eigenvalue weighted by atomic mass is 35.5. The van der Waals surface area contributed by atoms with Gasteiger partial charge in [-0.3, -0.25) is 9.59 Å². The molecule has 6 nitrogen and oxygen atoms in total. The Morgan fingerprint density at radius 1 is 1.10 bits per heavy atom. The van der Waals surface area contributed by atoms with Crippen molar-refractivity contribution >= 4 is 33.3 Å². The van der Waals surface area contributed by atoms with Crippen LogP contribution in [0.25, 0.3) is 0 Å². The monoisotopic (exact) mass is 463 g/mol. The summed E-state index contributed by atoms with van der Waals surface area (Å²) in [5, 5.41) is 3.20. The number of hydrogen-bond donors (Lipinski definition) is 1. The molecule has 0 unspecified atom stereocenters. The summed E-state index contributed by atoms with van der Waals surface area (Å²) in [6.07, 6.45) is 1.59. The molecule has 0 spiro atoms. The zero-order valence-corrected chi connectivity index (χ0v) is 19.2. The lowest BCUT2D eigenvalue weighted by Gasteiger charge is -2.27. The van der Waals surface area contributed by atoms with Crippen molar-refractivity contribution in [1.29, 1.82) is 0 Å². The predicted octanol–water partition coefficient (Wildman–Crippen LogP) is 3.90. The Kier molecular flexibility index (Phi) is 7.06. The molecule has 0 aromatic heterocycles. The fourth-order valence-corrected chi connectivity index (χ4v) is 6.47. The lowest BCUT2D eigenvalue weighted by atomic mass is 10.1. The Labute approximate surface area is 187 Å². The van der Waals surface area contributed by atoms with E-state index in [0.29, 0.717) is 23.4 Å². The SMILES string of the molecule is Cc1ccc(C)c(S(=O)(=O)C2(C(=O)OCC(=O)NCc3cccc(Cl)c3)CCCC2)c1. The van der Waals surface area contributed by atoms with Gasteiger partial charge in [-0.1, -0.05) is 48.7 Å². The number of esters is 1. The van der Waals surface area contributed by atoms with Crippen LogP contribution in [0.5, 0.6) is 0 Å². The molecule has 0 bridgehead atoms. The molecule has 1 aliphatic rings. The van der Waals surface area contributed by atoms with Gasteiger partial charge in [0, 0.05) is 11.6 Å². The number of amides is 1. The van der Waals surface area contributed by atoms with Crippen LogP contribution in [-0.4, -0.2) is 31.6 Å². The molecule has 1 N–H and O–H groups in total. The normalized spacial score (nSPS) is 15.5. The third-order valence-electron chi connectivity index (χ3n) is 5.64. The van der Waals surface area contributed by atoms with E-state index >= 15 is 0 Å². The van der Waals surface area contributed by atoms with E-state index in [0.717, 1.165) is 11.1 Å². The maximum absolute atomic E-state index is 13.5. The number of benzene rings is 2. The van der Waals surface area contributed by atoms with E-state index < -0.39 is 33.1 Å². The first-order valence-electron chi connectivity index (χ1n) is 10.2. The second kappa shape index (κ2) is 9.40. The lowest BCUT2D eigenvalue weighted by molar-refractivity contribution is -0.151. The van der Waals surface area contributed by atoms with Crippen LogP contribution in [0.15, 0.2) is 47.4 Å². The van der Waals surface area contributed by atoms with Crippen LogP contribution in [0.3, 0.4) is 0 Å². The van der Waals surface area contributed by atoms with E-state index in [9.17, 15) is 18.0 Å². The van der Waals surface area contributed by atoms with Gasteiger partial charge in [0.2, 0.25) is 0 Å². The summed E-state index contributed by atoms with van der Waals surface area (Å²) in [5.74, 6) is -1.37. The molecule has 0 atom stereocenters. The van der Waals surface area contributed by atoms with E-state index in [1.165, 1.54) is 0 Å².